The molecule has 1 atom stereocenters. The number of nitrogens with one attached hydrogen (secondary N) is 1. The van der Waals surface area contributed by atoms with E-state index in [-0.39, 0.29) is 12.5 Å². The molecule has 3 rings (SSSR count). The average Bonchev–Trinajstić information content (AvgIpc) is 2.56. The molecule has 2 aromatic carbocycles. The van der Waals surface area contributed by atoms with E-state index in [0.717, 1.165) is 5.56 Å². The maximum Gasteiger partial charge on any atom is 0.269 e. The van der Waals surface area contributed by atoms with Gasteiger partial charge >= 0.3 is 0 Å². The van der Waals surface area contributed by atoms with Gasteiger partial charge in [0.1, 0.15) is 6.61 Å². The molecule has 0 bridgehead atoms. The summed E-state index contributed by atoms with van der Waals surface area (Å²) in [7, 11) is 0. The summed E-state index contributed by atoms with van der Waals surface area (Å²) in [6.07, 6.45) is -0.335. The molecular weight excluding hydrogens is 280 g/mol. The van der Waals surface area contributed by atoms with Crippen LogP contribution in [-0.4, -0.2) is 18.6 Å². The fraction of sp³-hybridized carbons (Fsp3) is 0.176. The lowest BCUT2D eigenvalue weighted by molar-refractivity contribution is -0.125. The number of carbonyl (C=O) groups is 1. The van der Waals surface area contributed by atoms with Gasteiger partial charge in [0, 0.05) is 5.69 Å². The Hall–Kier alpha value is -3.00. The number of anilines is 1. The summed E-state index contributed by atoms with van der Waals surface area (Å²) < 4.78 is 11.2. The van der Waals surface area contributed by atoms with Crippen molar-refractivity contribution in [1.82, 2.24) is 0 Å². The van der Waals surface area contributed by atoms with E-state index < -0.39 is 6.10 Å². The summed E-state index contributed by atoms with van der Waals surface area (Å²) in [6, 6.07) is 16.5. The van der Waals surface area contributed by atoms with Crippen LogP contribution in [0.2, 0.25) is 0 Å². The molecule has 1 heterocycles. The van der Waals surface area contributed by atoms with Gasteiger partial charge in [-0.2, -0.15) is 5.26 Å². The minimum Gasteiger partial charge on any atom is -0.485 e. The molecule has 0 saturated carbocycles. The quantitative estimate of drug-likeness (QED) is 0.944. The smallest absolute Gasteiger partial charge is 0.269 e. The number of para-hydroxylation sites is 2. The van der Waals surface area contributed by atoms with Crippen LogP contribution < -0.4 is 14.8 Å². The number of benzene rings is 2. The van der Waals surface area contributed by atoms with Crippen LogP contribution in [0.3, 0.4) is 0 Å². The highest BCUT2D eigenvalue weighted by atomic mass is 16.6. The highest BCUT2D eigenvalue weighted by Crippen LogP contribution is 2.31. The van der Waals surface area contributed by atoms with Crippen molar-refractivity contribution in [2.24, 2.45) is 0 Å². The van der Waals surface area contributed by atoms with Crippen LogP contribution in [0.4, 0.5) is 5.69 Å². The summed E-state index contributed by atoms with van der Waals surface area (Å²) in [5, 5.41) is 11.4. The average molecular weight is 294 g/mol. The zero-order valence-electron chi connectivity index (χ0n) is 11.8. The standard InChI is InChI=1S/C17H14N2O3/c18-10-9-12-5-7-13(8-6-12)19-17(20)16-11-21-14-3-1-2-4-15(14)22-16/h1-8,16H,9,11H2,(H,19,20). The lowest BCUT2D eigenvalue weighted by Crippen LogP contribution is -2.40. The Kier molecular flexibility index (Phi) is 3.92. The monoisotopic (exact) mass is 294 g/mol. The van der Waals surface area contributed by atoms with E-state index >= 15 is 0 Å². The molecule has 1 aliphatic heterocycles. The summed E-state index contributed by atoms with van der Waals surface area (Å²) >= 11 is 0. The van der Waals surface area contributed by atoms with Crippen LogP contribution in [0.15, 0.2) is 48.5 Å². The molecule has 5 nitrogen and oxygen atoms in total. The molecule has 2 aromatic rings. The Balaban J connectivity index is 1.64. The van der Waals surface area contributed by atoms with Crippen molar-refractivity contribution in [2.45, 2.75) is 12.5 Å². The van der Waals surface area contributed by atoms with Crippen molar-refractivity contribution in [2.75, 3.05) is 11.9 Å². The topological polar surface area (TPSA) is 71.4 Å². The highest BCUT2D eigenvalue weighted by molar-refractivity contribution is 5.94. The van der Waals surface area contributed by atoms with E-state index in [1.165, 1.54) is 0 Å². The van der Waals surface area contributed by atoms with Gasteiger partial charge < -0.3 is 14.8 Å². The van der Waals surface area contributed by atoms with E-state index in [1.807, 2.05) is 24.3 Å². The van der Waals surface area contributed by atoms with Crippen LogP contribution in [0.1, 0.15) is 5.56 Å². The van der Waals surface area contributed by atoms with Crippen molar-refractivity contribution in [3.8, 4) is 17.6 Å². The summed E-state index contributed by atoms with van der Waals surface area (Å²) in [6.45, 7) is 0.176. The Bertz CT molecular complexity index is 719. The van der Waals surface area contributed by atoms with Crippen LogP contribution in [0.25, 0.3) is 0 Å². The number of fused-ring (bicyclic) bond motifs is 1. The second-order valence-corrected chi connectivity index (χ2v) is 4.89. The fourth-order valence-electron chi connectivity index (χ4n) is 2.17. The lowest BCUT2D eigenvalue weighted by atomic mass is 10.1. The Morgan fingerprint density at radius 2 is 1.91 bits per heavy atom. The molecule has 1 amide bonds. The van der Waals surface area contributed by atoms with E-state index in [2.05, 4.69) is 11.4 Å². The number of hydrogen-bond acceptors (Lipinski definition) is 4. The third kappa shape index (κ3) is 3.01. The highest BCUT2D eigenvalue weighted by Gasteiger charge is 2.27. The minimum atomic E-state index is -0.686. The zero-order chi connectivity index (χ0) is 15.4. The van der Waals surface area contributed by atoms with Gasteiger partial charge in [-0.3, -0.25) is 4.79 Å². The van der Waals surface area contributed by atoms with E-state index in [9.17, 15) is 4.79 Å². The first-order valence-electron chi connectivity index (χ1n) is 6.91. The molecule has 0 aliphatic carbocycles. The first-order valence-corrected chi connectivity index (χ1v) is 6.91. The van der Waals surface area contributed by atoms with Crippen molar-refractivity contribution in [3.05, 3.63) is 54.1 Å². The molecule has 1 N–H and O–H groups in total. The van der Waals surface area contributed by atoms with Crippen LogP contribution in [-0.2, 0) is 11.2 Å². The van der Waals surface area contributed by atoms with Gasteiger partial charge in [0.15, 0.2) is 11.5 Å². The van der Waals surface area contributed by atoms with Crippen LogP contribution in [0.5, 0.6) is 11.5 Å². The number of carbonyl (C=O) groups excluding carboxylic acids is 1. The third-order valence-electron chi connectivity index (χ3n) is 3.31. The minimum absolute atomic E-state index is 0.176. The molecule has 0 aromatic heterocycles. The lowest BCUT2D eigenvalue weighted by Gasteiger charge is -2.25. The van der Waals surface area contributed by atoms with Crippen molar-refractivity contribution < 1.29 is 14.3 Å². The third-order valence-corrected chi connectivity index (χ3v) is 3.31. The predicted octanol–water partition coefficient (Wildman–Crippen LogP) is 2.53. The molecule has 1 unspecified atom stereocenters. The summed E-state index contributed by atoms with van der Waals surface area (Å²) in [4.78, 5) is 12.2. The maximum absolute atomic E-state index is 12.2. The molecule has 110 valence electrons. The fourth-order valence-corrected chi connectivity index (χ4v) is 2.17. The number of rotatable bonds is 3. The van der Waals surface area contributed by atoms with E-state index in [4.69, 9.17) is 14.7 Å². The van der Waals surface area contributed by atoms with Gasteiger partial charge in [0.2, 0.25) is 6.10 Å². The van der Waals surface area contributed by atoms with Gasteiger partial charge in [-0.15, -0.1) is 0 Å². The molecule has 0 fully saturated rings. The molecule has 5 heteroatoms. The molecule has 0 saturated heterocycles. The van der Waals surface area contributed by atoms with Gasteiger partial charge in [0.25, 0.3) is 5.91 Å². The van der Waals surface area contributed by atoms with Crippen LogP contribution in [0, 0.1) is 11.3 Å². The second kappa shape index (κ2) is 6.19. The Morgan fingerprint density at radius 1 is 1.18 bits per heavy atom. The van der Waals surface area contributed by atoms with Gasteiger partial charge in [-0.1, -0.05) is 24.3 Å². The molecule has 22 heavy (non-hydrogen) atoms. The van der Waals surface area contributed by atoms with Crippen LogP contribution >= 0.6 is 0 Å². The SMILES string of the molecule is N#CCc1ccc(NC(=O)C2COc3ccccc3O2)cc1. The largest absolute Gasteiger partial charge is 0.485 e. The first kappa shape index (κ1) is 14.0. The van der Waals surface area contributed by atoms with Gasteiger partial charge in [-0.25, -0.2) is 0 Å². The molecule has 1 aliphatic rings. The number of hydrogen-bond donors (Lipinski definition) is 1. The Morgan fingerprint density at radius 3 is 2.64 bits per heavy atom. The summed E-state index contributed by atoms with van der Waals surface area (Å²) in [5.41, 5.74) is 1.57. The number of nitrogens with zero attached hydrogens (tertiary/aromatic N) is 1. The summed E-state index contributed by atoms with van der Waals surface area (Å²) in [5.74, 6) is 0.952. The normalized spacial score (nSPS) is 15.7. The predicted molar refractivity (Wildman–Crippen MR) is 80.7 cm³/mol. The maximum atomic E-state index is 12.2. The Labute approximate surface area is 128 Å². The van der Waals surface area contributed by atoms with E-state index in [1.54, 1.807) is 24.3 Å². The first-order chi connectivity index (χ1) is 10.8. The number of ether oxygens (including phenoxy) is 2. The second-order valence-electron chi connectivity index (χ2n) is 4.89. The molecule has 0 radical (unpaired) electrons. The van der Waals surface area contributed by atoms with Gasteiger partial charge in [0.05, 0.1) is 12.5 Å². The zero-order valence-corrected chi connectivity index (χ0v) is 11.8. The van der Waals surface area contributed by atoms with Crippen molar-refractivity contribution >= 4 is 11.6 Å². The van der Waals surface area contributed by atoms with Gasteiger partial charge in [-0.05, 0) is 29.8 Å². The molecule has 0 spiro atoms. The van der Waals surface area contributed by atoms with Crippen molar-refractivity contribution in [1.29, 1.82) is 5.26 Å². The van der Waals surface area contributed by atoms with Crippen molar-refractivity contribution in [3.63, 3.8) is 0 Å². The molecular formula is C17H14N2O3. The van der Waals surface area contributed by atoms with E-state index in [0.29, 0.717) is 23.6 Å². The number of nitriles is 1. The number of amides is 1.